The fourth-order valence-electron chi connectivity index (χ4n) is 2.33. The molecular weight excluding hydrogens is 232 g/mol. The second-order valence-corrected chi connectivity index (χ2v) is 4.53. The van der Waals surface area contributed by atoms with Crippen molar-refractivity contribution in [1.29, 1.82) is 0 Å². The van der Waals surface area contributed by atoms with Gasteiger partial charge in [-0.3, -0.25) is 0 Å². The van der Waals surface area contributed by atoms with Crippen LogP contribution in [-0.2, 0) is 0 Å². The van der Waals surface area contributed by atoms with Gasteiger partial charge in [0.1, 0.15) is 0 Å². The second-order valence-electron chi connectivity index (χ2n) is 4.53. The number of urea groups is 1. The number of primary amides is 1. The number of likely N-dealkylation sites (tertiary alicyclic amines) is 1. The number of benzene rings is 1. The van der Waals surface area contributed by atoms with E-state index in [2.05, 4.69) is 0 Å². The topological polar surface area (TPSA) is 83.6 Å². The summed E-state index contributed by atoms with van der Waals surface area (Å²) in [6, 6.07) is 6.59. The lowest BCUT2D eigenvalue weighted by Crippen LogP contribution is -2.41. The standard InChI is InChI=1S/C13H16N2O3/c14-13(18)15-7-5-10(6-8-15)9-1-3-11(4-2-9)12(16)17/h1-4,10H,5-8H2,(H2,14,18)(H,16,17). The Bertz CT molecular complexity index is 448. The zero-order valence-corrected chi connectivity index (χ0v) is 10.0. The maximum Gasteiger partial charge on any atom is 0.335 e. The predicted molar refractivity (Wildman–Crippen MR) is 66.5 cm³/mol. The molecule has 1 aromatic rings. The van der Waals surface area contributed by atoms with Crippen molar-refractivity contribution < 1.29 is 14.7 Å². The third-order valence-electron chi connectivity index (χ3n) is 3.44. The number of nitrogens with two attached hydrogens (primary N) is 1. The minimum absolute atomic E-state index is 0.299. The number of rotatable bonds is 2. The number of hydrogen-bond acceptors (Lipinski definition) is 2. The molecule has 1 heterocycles. The third kappa shape index (κ3) is 2.61. The highest BCUT2D eigenvalue weighted by Crippen LogP contribution is 2.27. The minimum atomic E-state index is -0.912. The Morgan fingerprint density at radius 2 is 1.72 bits per heavy atom. The van der Waals surface area contributed by atoms with Crippen molar-refractivity contribution in [3.05, 3.63) is 35.4 Å². The molecule has 96 valence electrons. The molecule has 0 aromatic heterocycles. The fourth-order valence-corrected chi connectivity index (χ4v) is 2.33. The molecule has 1 aromatic carbocycles. The molecule has 1 fully saturated rings. The first-order chi connectivity index (χ1) is 8.58. The molecular formula is C13H16N2O3. The Kier molecular flexibility index (Phi) is 3.50. The summed E-state index contributed by atoms with van der Waals surface area (Å²) in [7, 11) is 0. The van der Waals surface area contributed by atoms with Gasteiger partial charge in [-0.25, -0.2) is 9.59 Å². The summed E-state index contributed by atoms with van der Waals surface area (Å²) >= 11 is 0. The Morgan fingerprint density at radius 3 is 2.17 bits per heavy atom. The zero-order valence-electron chi connectivity index (χ0n) is 10.0. The largest absolute Gasteiger partial charge is 0.478 e. The lowest BCUT2D eigenvalue weighted by molar-refractivity contribution is 0.0697. The van der Waals surface area contributed by atoms with E-state index in [4.69, 9.17) is 10.8 Å². The Hall–Kier alpha value is -2.04. The monoisotopic (exact) mass is 248 g/mol. The normalized spacial score (nSPS) is 16.6. The number of aromatic carboxylic acids is 1. The summed E-state index contributed by atoms with van der Waals surface area (Å²) in [4.78, 5) is 23.4. The van der Waals surface area contributed by atoms with Crippen LogP contribution in [0.15, 0.2) is 24.3 Å². The summed E-state index contributed by atoms with van der Waals surface area (Å²) in [5.74, 6) is -0.534. The van der Waals surface area contributed by atoms with Crippen molar-refractivity contribution in [1.82, 2.24) is 4.90 Å². The third-order valence-corrected chi connectivity index (χ3v) is 3.44. The molecule has 3 N–H and O–H groups in total. The molecule has 0 bridgehead atoms. The van der Waals surface area contributed by atoms with Crippen LogP contribution < -0.4 is 5.73 Å². The molecule has 5 heteroatoms. The van der Waals surface area contributed by atoms with Crippen molar-refractivity contribution >= 4 is 12.0 Å². The van der Waals surface area contributed by atoms with Crippen LogP contribution in [0.4, 0.5) is 4.79 Å². The van der Waals surface area contributed by atoms with Crippen LogP contribution in [0.1, 0.15) is 34.7 Å². The summed E-state index contributed by atoms with van der Waals surface area (Å²) < 4.78 is 0. The predicted octanol–water partition coefficient (Wildman–Crippen LogP) is 1.64. The van der Waals surface area contributed by atoms with Crippen LogP contribution in [0.25, 0.3) is 0 Å². The first-order valence-corrected chi connectivity index (χ1v) is 5.95. The molecule has 1 aliphatic heterocycles. The fraction of sp³-hybridized carbons (Fsp3) is 0.385. The van der Waals surface area contributed by atoms with Crippen molar-refractivity contribution in [2.75, 3.05) is 13.1 Å². The average Bonchev–Trinajstić information content (AvgIpc) is 2.39. The van der Waals surface area contributed by atoms with Gasteiger partial charge >= 0.3 is 12.0 Å². The van der Waals surface area contributed by atoms with Gasteiger partial charge < -0.3 is 15.7 Å². The highest BCUT2D eigenvalue weighted by Gasteiger charge is 2.22. The molecule has 1 aliphatic rings. The highest BCUT2D eigenvalue weighted by molar-refractivity contribution is 5.87. The number of carbonyl (C=O) groups is 2. The van der Waals surface area contributed by atoms with Crippen molar-refractivity contribution in [2.45, 2.75) is 18.8 Å². The molecule has 2 rings (SSSR count). The quantitative estimate of drug-likeness (QED) is 0.834. The SMILES string of the molecule is NC(=O)N1CCC(c2ccc(C(=O)O)cc2)CC1. The van der Waals surface area contributed by atoms with Crippen LogP contribution in [-0.4, -0.2) is 35.1 Å². The molecule has 1 saturated heterocycles. The first-order valence-electron chi connectivity index (χ1n) is 5.95. The van der Waals surface area contributed by atoms with E-state index in [0.717, 1.165) is 18.4 Å². The van der Waals surface area contributed by atoms with Crippen LogP contribution >= 0.6 is 0 Å². The highest BCUT2D eigenvalue weighted by atomic mass is 16.4. The maximum absolute atomic E-state index is 11.0. The summed E-state index contributed by atoms with van der Waals surface area (Å²) in [5, 5.41) is 8.82. The first kappa shape index (κ1) is 12.4. The van der Waals surface area contributed by atoms with Gasteiger partial charge in [0, 0.05) is 13.1 Å². The number of amides is 2. The van der Waals surface area contributed by atoms with Gasteiger partial charge in [0.25, 0.3) is 0 Å². The molecule has 0 unspecified atom stereocenters. The van der Waals surface area contributed by atoms with Crippen molar-refractivity contribution in [2.24, 2.45) is 5.73 Å². The molecule has 0 saturated carbocycles. The summed E-state index contributed by atoms with van der Waals surface area (Å²) in [6.45, 7) is 1.33. The van der Waals surface area contributed by atoms with E-state index in [0.29, 0.717) is 24.6 Å². The van der Waals surface area contributed by atoms with Gasteiger partial charge in [0.05, 0.1) is 5.56 Å². The molecule has 2 amide bonds. The van der Waals surface area contributed by atoms with Gasteiger partial charge in [-0.05, 0) is 36.5 Å². The van der Waals surface area contributed by atoms with Crippen molar-refractivity contribution in [3.63, 3.8) is 0 Å². The van der Waals surface area contributed by atoms with Gasteiger partial charge in [-0.1, -0.05) is 12.1 Å². The van der Waals surface area contributed by atoms with E-state index in [-0.39, 0.29) is 6.03 Å². The number of hydrogen-bond donors (Lipinski definition) is 2. The number of nitrogens with zero attached hydrogens (tertiary/aromatic N) is 1. The van der Waals surface area contributed by atoms with Crippen LogP contribution in [0.3, 0.4) is 0 Å². The minimum Gasteiger partial charge on any atom is -0.478 e. The van der Waals surface area contributed by atoms with Gasteiger partial charge in [-0.2, -0.15) is 0 Å². The van der Waals surface area contributed by atoms with Gasteiger partial charge in [-0.15, -0.1) is 0 Å². The van der Waals surface area contributed by atoms with E-state index in [1.165, 1.54) is 0 Å². The number of carbonyl (C=O) groups excluding carboxylic acids is 1. The summed E-state index contributed by atoms with van der Waals surface area (Å²) in [6.07, 6.45) is 1.74. The molecule has 18 heavy (non-hydrogen) atoms. The van der Waals surface area contributed by atoms with Crippen LogP contribution in [0, 0.1) is 0 Å². The summed E-state index contributed by atoms with van der Waals surface area (Å²) in [5.41, 5.74) is 6.65. The van der Waals surface area contributed by atoms with E-state index in [1.54, 1.807) is 17.0 Å². The molecule has 0 atom stereocenters. The second kappa shape index (κ2) is 5.08. The number of piperidine rings is 1. The molecule has 0 radical (unpaired) electrons. The van der Waals surface area contributed by atoms with Crippen LogP contribution in [0.5, 0.6) is 0 Å². The lowest BCUT2D eigenvalue weighted by atomic mass is 9.89. The van der Waals surface area contributed by atoms with E-state index < -0.39 is 5.97 Å². The Balaban J connectivity index is 2.01. The molecule has 5 nitrogen and oxygen atoms in total. The van der Waals surface area contributed by atoms with E-state index >= 15 is 0 Å². The Morgan fingerprint density at radius 1 is 1.17 bits per heavy atom. The van der Waals surface area contributed by atoms with Crippen LogP contribution in [0.2, 0.25) is 0 Å². The smallest absolute Gasteiger partial charge is 0.335 e. The molecule has 0 aliphatic carbocycles. The Labute approximate surface area is 105 Å². The van der Waals surface area contributed by atoms with E-state index in [9.17, 15) is 9.59 Å². The maximum atomic E-state index is 11.0. The van der Waals surface area contributed by atoms with Gasteiger partial charge in [0.15, 0.2) is 0 Å². The number of carboxylic acids is 1. The van der Waals surface area contributed by atoms with Gasteiger partial charge in [0.2, 0.25) is 0 Å². The van der Waals surface area contributed by atoms with E-state index in [1.807, 2.05) is 12.1 Å². The number of carboxylic acid groups (broad SMARTS) is 1. The molecule has 0 spiro atoms. The lowest BCUT2D eigenvalue weighted by Gasteiger charge is -2.31. The zero-order chi connectivity index (χ0) is 13.1. The average molecular weight is 248 g/mol. The van der Waals surface area contributed by atoms with Crippen molar-refractivity contribution in [3.8, 4) is 0 Å².